The molecule has 0 bridgehead atoms. The molecular formula is C17H25NO4. The molecule has 1 fully saturated rings. The standard InChI is InChI=1S/C17H25NO4/c1-17(2)21-14(10-15(12-19)22-17)11-16(20)18-9-8-13-6-4-3-5-7-13/h3-7,14-15,19H,8-12H2,1-2H3,(H,18,20). The first-order valence-corrected chi connectivity index (χ1v) is 7.75. The highest BCUT2D eigenvalue weighted by Crippen LogP contribution is 2.27. The lowest BCUT2D eigenvalue weighted by Crippen LogP contribution is -2.47. The molecule has 1 aromatic carbocycles. The van der Waals surface area contributed by atoms with E-state index in [1.807, 2.05) is 30.3 Å². The molecular weight excluding hydrogens is 282 g/mol. The summed E-state index contributed by atoms with van der Waals surface area (Å²) in [7, 11) is 0. The fraction of sp³-hybridized carbons (Fsp3) is 0.588. The summed E-state index contributed by atoms with van der Waals surface area (Å²) in [5.41, 5.74) is 1.20. The Morgan fingerprint density at radius 2 is 1.95 bits per heavy atom. The number of rotatable bonds is 6. The number of amides is 1. The molecule has 2 N–H and O–H groups in total. The Kier molecular flexibility index (Phi) is 5.94. The van der Waals surface area contributed by atoms with E-state index in [9.17, 15) is 9.90 Å². The zero-order chi connectivity index (χ0) is 16.0. The normalized spacial score (nSPS) is 24.0. The number of hydrogen-bond acceptors (Lipinski definition) is 4. The van der Waals surface area contributed by atoms with Crippen molar-refractivity contribution in [3.8, 4) is 0 Å². The fourth-order valence-corrected chi connectivity index (χ4v) is 2.73. The maximum absolute atomic E-state index is 12.0. The van der Waals surface area contributed by atoms with Gasteiger partial charge in [0.2, 0.25) is 5.91 Å². The van der Waals surface area contributed by atoms with Gasteiger partial charge in [-0.05, 0) is 25.8 Å². The quantitative estimate of drug-likeness (QED) is 0.838. The molecule has 0 spiro atoms. The van der Waals surface area contributed by atoms with Crippen molar-refractivity contribution in [1.82, 2.24) is 5.32 Å². The maximum atomic E-state index is 12.0. The molecule has 5 heteroatoms. The van der Waals surface area contributed by atoms with Gasteiger partial charge in [-0.15, -0.1) is 0 Å². The van der Waals surface area contributed by atoms with Gasteiger partial charge in [-0.25, -0.2) is 0 Å². The molecule has 1 aliphatic heterocycles. The summed E-state index contributed by atoms with van der Waals surface area (Å²) in [6.07, 6.45) is 1.14. The highest BCUT2D eigenvalue weighted by atomic mass is 16.7. The van der Waals surface area contributed by atoms with E-state index in [0.29, 0.717) is 13.0 Å². The SMILES string of the molecule is CC1(C)OC(CO)CC(CC(=O)NCCc2ccccc2)O1. The number of hydrogen-bond donors (Lipinski definition) is 2. The van der Waals surface area contributed by atoms with Crippen LogP contribution in [0.4, 0.5) is 0 Å². The molecule has 0 saturated carbocycles. The molecule has 122 valence electrons. The Bertz CT molecular complexity index is 475. The first-order valence-electron chi connectivity index (χ1n) is 7.75. The van der Waals surface area contributed by atoms with Crippen LogP contribution in [0, 0.1) is 0 Å². The van der Waals surface area contributed by atoms with Gasteiger partial charge in [0.05, 0.1) is 25.2 Å². The second kappa shape index (κ2) is 7.72. The van der Waals surface area contributed by atoms with Gasteiger partial charge in [0.15, 0.2) is 5.79 Å². The van der Waals surface area contributed by atoms with Gasteiger partial charge in [0.25, 0.3) is 0 Å². The average molecular weight is 307 g/mol. The highest BCUT2D eigenvalue weighted by molar-refractivity contribution is 5.76. The topological polar surface area (TPSA) is 67.8 Å². The summed E-state index contributed by atoms with van der Waals surface area (Å²) < 4.78 is 11.3. The van der Waals surface area contributed by atoms with Gasteiger partial charge in [-0.2, -0.15) is 0 Å². The summed E-state index contributed by atoms with van der Waals surface area (Å²) in [4.78, 5) is 12.0. The van der Waals surface area contributed by atoms with Crippen molar-refractivity contribution in [3.05, 3.63) is 35.9 Å². The molecule has 1 aliphatic rings. The number of aliphatic hydroxyl groups excluding tert-OH is 1. The van der Waals surface area contributed by atoms with E-state index in [1.165, 1.54) is 5.56 Å². The minimum absolute atomic E-state index is 0.0321. The summed E-state index contributed by atoms with van der Waals surface area (Å²) in [6, 6.07) is 10.0. The zero-order valence-corrected chi connectivity index (χ0v) is 13.2. The van der Waals surface area contributed by atoms with Crippen LogP contribution in [0.15, 0.2) is 30.3 Å². The number of ether oxygens (including phenoxy) is 2. The second-order valence-electron chi connectivity index (χ2n) is 6.09. The van der Waals surface area contributed by atoms with E-state index in [2.05, 4.69) is 5.32 Å². The van der Waals surface area contributed by atoms with Crippen molar-refractivity contribution in [3.63, 3.8) is 0 Å². The molecule has 1 heterocycles. The molecule has 0 radical (unpaired) electrons. The lowest BCUT2D eigenvalue weighted by Gasteiger charge is -2.40. The van der Waals surface area contributed by atoms with Gasteiger partial charge in [-0.1, -0.05) is 30.3 Å². The monoisotopic (exact) mass is 307 g/mol. The third kappa shape index (κ3) is 5.40. The van der Waals surface area contributed by atoms with E-state index in [0.717, 1.165) is 6.42 Å². The Morgan fingerprint density at radius 3 is 2.64 bits per heavy atom. The summed E-state index contributed by atoms with van der Waals surface area (Å²) in [5.74, 6) is -0.795. The molecule has 1 aromatic rings. The van der Waals surface area contributed by atoms with Crippen molar-refractivity contribution in [2.75, 3.05) is 13.2 Å². The zero-order valence-electron chi connectivity index (χ0n) is 13.2. The number of aliphatic hydroxyl groups is 1. The van der Waals surface area contributed by atoms with Crippen LogP contribution in [0.5, 0.6) is 0 Å². The van der Waals surface area contributed by atoms with Crippen molar-refractivity contribution in [1.29, 1.82) is 0 Å². The molecule has 0 aromatic heterocycles. The minimum atomic E-state index is -0.763. The Labute approximate surface area is 131 Å². The minimum Gasteiger partial charge on any atom is -0.394 e. The first-order chi connectivity index (χ1) is 10.5. The van der Waals surface area contributed by atoms with Crippen LogP contribution in [0.3, 0.4) is 0 Å². The third-order valence-electron chi connectivity index (χ3n) is 3.62. The number of carbonyl (C=O) groups excluding carboxylic acids is 1. The molecule has 2 unspecified atom stereocenters. The van der Waals surface area contributed by atoms with Crippen LogP contribution in [-0.4, -0.2) is 42.2 Å². The average Bonchev–Trinajstić information content (AvgIpc) is 2.46. The Hall–Kier alpha value is -1.43. The number of nitrogens with one attached hydrogen (secondary N) is 1. The van der Waals surface area contributed by atoms with E-state index in [4.69, 9.17) is 9.47 Å². The fourth-order valence-electron chi connectivity index (χ4n) is 2.73. The lowest BCUT2D eigenvalue weighted by atomic mass is 10.1. The molecule has 2 atom stereocenters. The van der Waals surface area contributed by atoms with Crippen LogP contribution in [0.1, 0.15) is 32.3 Å². The van der Waals surface area contributed by atoms with Crippen LogP contribution in [-0.2, 0) is 20.7 Å². The molecule has 1 saturated heterocycles. The van der Waals surface area contributed by atoms with Crippen molar-refractivity contribution in [2.45, 2.75) is 51.1 Å². The molecule has 22 heavy (non-hydrogen) atoms. The van der Waals surface area contributed by atoms with Crippen molar-refractivity contribution in [2.24, 2.45) is 0 Å². The number of benzene rings is 1. The van der Waals surface area contributed by atoms with Crippen molar-refractivity contribution < 1.29 is 19.4 Å². The maximum Gasteiger partial charge on any atom is 0.222 e. The van der Waals surface area contributed by atoms with Gasteiger partial charge in [-0.3, -0.25) is 4.79 Å². The van der Waals surface area contributed by atoms with Crippen LogP contribution in [0.25, 0.3) is 0 Å². The van der Waals surface area contributed by atoms with Gasteiger partial charge in [0.1, 0.15) is 0 Å². The Balaban J connectivity index is 1.74. The van der Waals surface area contributed by atoms with Crippen LogP contribution < -0.4 is 5.32 Å². The molecule has 0 aliphatic carbocycles. The van der Waals surface area contributed by atoms with E-state index in [-0.39, 0.29) is 31.1 Å². The Morgan fingerprint density at radius 1 is 1.27 bits per heavy atom. The largest absolute Gasteiger partial charge is 0.394 e. The summed E-state index contributed by atoms with van der Waals surface area (Å²) in [6.45, 7) is 4.15. The van der Waals surface area contributed by atoms with Crippen LogP contribution >= 0.6 is 0 Å². The summed E-state index contributed by atoms with van der Waals surface area (Å²) >= 11 is 0. The van der Waals surface area contributed by atoms with E-state index < -0.39 is 5.79 Å². The number of carbonyl (C=O) groups is 1. The summed E-state index contributed by atoms with van der Waals surface area (Å²) in [5, 5.41) is 12.2. The predicted molar refractivity (Wildman–Crippen MR) is 83.3 cm³/mol. The first kappa shape index (κ1) is 16.9. The molecule has 1 amide bonds. The predicted octanol–water partition coefficient (Wildman–Crippen LogP) is 1.64. The van der Waals surface area contributed by atoms with Crippen LogP contribution in [0.2, 0.25) is 0 Å². The van der Waals surface area contributed by atoms with Crippen molar-refractivity contribution >= 4 is 5.91 Å². The van der Waals surface area contributed by atoms with E-state index in [1.54, 1.807) is 13.8 Å². The van der Waals surface area contributed by atoms with E-state index >= 15 is 0 Å². The molecule has 2 rings (SSSR count). The third-order valence-corrected chi connectivity index (χ3v) is 3.62. The highest BCUT2D eigenvalue weighted by Gasteiger charge is 2.35. The van der Waals surface area contributed by atoms with Gasteiger partial charge >= 0.3 is 0 Å². The molecule has 5 nitrogen and oxygen atoms in total. The van der Waals surface area contributed by atoms with Gasteiger partial charge < -0.3 is 19.9 Å². The lowest BCUT2D eigenvalue weighted by molar-refractivity contribution is -0.303. The second-order valence-corrected chi connectivity index (χ2v) is 6.09. The van der Waals surface area contributed by atoms with Gasteiger partial charge in [0, 0.05) is 13.0 Å². The smallest absolute Gasteiger partial charge is 0.222 e.